The molecule has 0 aliphatic carbocycles. The first-order valence-electron chi connectivity index (χ1n) is 5.65. The minimum Gasteiger partial charge on any atom is -0.478 e. The van der Waals surface area contributed by atoms with Crippen LogP contribution in [-0.4, -0.2) is 30.8 Å². The highest BCUT2D eigenvalue weighted by atomic mass is 32.2. The molecule has 0 aromatic carbocycles. The summed E-state index contributed by atoms with van der Waals surface area (Å²) < 4.78 is 1.82. The van der Waals surface area contributed by atoms with Gasteiger partial charge in [-0.3, -0.25) is 4.98 Å². The number of hydrogen-bond donors (Lipinski definition) is 1. The van der Waals surface area contributed by atoms with Crippen molar-refractivity contribution in [2.45, 2.75) is 30.8 Å². The lowest BCUT2D eigenvalue weighted by atomic mass is 10.2. The number of nitrogens with zero attached hydrogens (tertiary/aromatic N) is 4. The van der Waals surface area contributed by atoms with Crippen molar-refractivity contribution in [2.75, 3.05) is 0 Å². The second-order valence-corrected chi connectivity index (χ2v) is 5.23. The molecule has 0 amide bonds. The fourth-order valence-corrected chi connectivity index (χ4v) is 2.82. The number of rotatable bonds is 3. The molecule has 0 aliphatic heterocycles. The zero-order valence-corrected chi connectivity index (χ0v) is 11.9. The third kappa shape index (κ3) is 2.60. The minimum absolute atomic E-state index is 0.219. The number of aromatic nitrogens is 4. The maximum atomic E-state index is 11.3. The van der Waals surface area contributed by atoms with E-state index in [9.17, 15) is 9.90 Å². The molecular weight excluding hydrogens is 264 g/mol. The smallest absolute Gasteiger partial charge is 0.338 e. The normalized spacial score (nSPS) is 10.7. The van der Waals surface area contributed by atoms with Crippen molar-refractivity contribution in [3.8, 4) is 0 Å². The fourth-order valence-electron chi connectivity index (χ4n) is 1.71. The van der Waals surface area contributed by atoms with Crippen LogP contribution in [0.1, 0.15) is 27.6 Å². The summed E-state index contributed by atoms with van der Waals surface area (Å²) in [6, 6.07) is 1.76. The quantitative estimate of drug-likeness (QED) is 0.924. The van der Waals surface area contributed by atoms with Crippen LogP contribution in [0.15, 0.2) is 16.1 Å². The first-order valence-corrected chi connectivity index (χ1v) is 6.47. The maximum absolute atomic E-state index is 11.3. The Morgan fingerprint density at radius 2 is 2.00 bits per heavy atom. The fraction of sp³-hybridized carbons (Fsp3) is 0.333. The maximum Gasteiger partial charge on any atom is 0.338 e. The molecule has 0 bridgehead atoms. The molecule has 2 aromatic rings. The molecule has 0 saturated carbocycles. The highest BCUT2D eigenvalue weighted by Crippen LogP contribution is 2.31. The summed E-state index contributed by atoms with van der Waals surface area (Å²) in [5, 5.41) is 17.9. The van der Waals surface area contributed by atoms with Gasteiger partial charge in [0.15, 0.2) is 5.16 Å². The number of pyridine rings is 1. The molecule has 100 valence electrons. The Labute approximate surface area is 114 Å². The van der Waals surface area contributed by atoms with Crippen LogP contribution in [0, 0.1) is 20.8 Å². The van der Waals surface area contributed by atoms with Gasteiger partial charge in [-0.1, -0.05) is 0 Å². The van der Waals surface area contributed by atoms with Crippen LogP contribution in [0.5, 0.6) is 0 Å². The van der Waals surface area contributed by atoms with Crippen molar-refractivity contribution in [2.24, 2.45) is 7.05 Å². The van der Waals surface area contributed by atoms with Crippen LogP contribution >= 0.6 is 11.8 Å². The molecule has 19 heavy (non-hydrogen) atoms. The van der Waals surface area contributed by atoms with Crippen molar-refractivity contribution in [1.82, 2.24) is 19.7 Å². The van der Waals surface area contributed by atoms with E-state index in [1.807, 2.05) is 25.5 Å². The Hall–Kier alpha value is -1.89. The van der Waals surface area contributed by atoms with E-state index in [1.54, 1.807) is 13.0 Å². The van der Waals surface area contributed by atoms with Crippen LogP contribution in [0.25, 0.3) is 0 Å². The van der Waals surface area contributed by atoms with Crippen molar-refractivity contribution in [3.05, 3.63) is 28.8 Å². The van der Waals surface area contributed by atoms with E-state index in [0.717, 1.165) is 11.5 Å². The lowest BCUT2D eigenvalue weighted by molar-refractivity contribution is 0.0691. The van der Waals surface area contributed by atoms with Gasteiger partial charge in [0, 0.05) is 17.6 Å². The standard InChI is InChI=1S/C12H14N4O2S/c1-6-5-9(10(11(17)18)7(2)13-6)19-12-15-14-8(3)16(12)4/h5H,1-4H3,(H,17,18). The summed E-state index contributed by atoms with van der Waals surface area (Å²) in [5.41, 5.74) is 1.51. The summed E-state index contributed by atoms with van der Waals surface area (Å²) in [6.07, 6.45) is 0. The van der Waals surface area contributed by atoms with Crippen LogP contribution in [0.3, 0.4) is 0 Å². The second kappa shape index (κ2) is 5.00. The zero-order valence-electron chi connectivity index (χ0n) is 11.1. The summed E-state index contributed by atoms with van der Waals surface area (Å²) in [7, 11) is 1.85. The average Bonchev–Trinajstić information content (AvgIpc) is 2.59. The van der Waals surface area contributed by atoms with Gasteiger partial charge in [-0.2, -0.15) is 0 Å². The van der Waals surface area contributed by atoms with E-state index < -0.39 is 5.97 Å². The molecule has 0 radical (unpaired) electrons. The molecular formula is C12H14N4O2S. The SMILES string of the molecule is Cc1cc(Sc2nnc(C)n2C)c(C(=O)O)c(C)n1. The molecule has 0 saturated heterocycles. The lowest BCUT2D eigenvalue weighted by Crippen LogP contribution is -2.06. The minimum atomic E-state index is -0.980. The monoisotopic (exact) mass is 278 g/mol. The summed E-state index contributed by atoms with van der Waals surface area (Å²) in [6.45, 7) is 5.38. The molecule has 0 unspecified atom stereocenters. The summed E-state index contributed by atoms with van der Waals surface area (Å²) in [4.78, 5) is 16.2. The van der Waals surface area contributed by atoms with Gasteiger partial charge in [0.2, 0.25) is 0 Å². The highest BCUT2D eigenvalue weighted by Gasteiger charge is 2.18. The van der Waals surface area contributed by atoms with Crippen molar-refractivity contribution in [1.29, 1.82) is 0 Å². The predicted octanol–water partition coefficient (Wildman–Crippen LogP) is 1.98. The highest BCUT2D eigenvalue weighted by molar-refractivity contribution is 7.99. The number of carboxylic acid groups (broad SMARTS) is 1. The molecule has 0 spiro atoms. The van der Waals surface area contributed by atoms with Gasteiger partial charge in [-0.15, -0.1) is 10.2 Å². The Morgan fingerprint density at radius 3 is 2.53 bits per heavy atom. The van der Waals surface area contributed by atoms with Gasteiger partial charge >= 0.3 is 5.97 Å². The molecule has 0 aliphatic rings. The van der Waals surface area contributed by atoms with Crippen molar-refractivity contribution < 1.29 is 9.90 Å². The molecule has 6 nitrogen and oxygen atoms in total. The van der Waals surface area contributed by atoms with Crippen molar-refractivity contribution in [3.63, 3.8) is 0 Å². The second-order valence-electron chi connectivity index (χ2n) is 4.22. The molecule has 0 fully saturated rings. The van der Waals surface area contributed by atoms with E-state index in [0.29, 0.717) is 15.7 Å². The Balaban J connectivity index is 2.50. The van der Waals surface area contributed by atoms with Crippen LogP contribution in [0.2, 0.25) is 0 Å². The van der Waals surface area contributed by atoms with E-state index in [2.05, 4.69) is 15.2 Å². The van der Waals surface area contributed by atoms with E-state index in [-0.39, 0.29) is 5.56 Å². The summed E-state index contributed by atoms with van der Waals surface area (Å²) >= 11 is 1.29. The number of hydrogen-bond acceptors (Lipinski definition) is 5. The van der Waals surface area contributed by atoms with Gasteiger partial charge in [-0.05, 0) is 38.6 Å². The summed E-state index contributed by atoms with van der Waals surface area (Å²) in [5.74, 6) is -0.201. The van der Waals surface area contributed by atoms with Gasteiger partial charge in [0.05, 0.1) is 11.3 Å². The topological polar surface area (TPSA) is 80.9 Å². The predicted molar refractivity (Wildman–Crippen MR) is 70.5 cm³/mol. The zero-order chi connectivity index (χ0) is 14.2. The Kier molecular flexibility index (Phi) is 3.57. The van der Waals surface area contributed by atoms with Gasteiger partial charge in [0.1, 0.15) is 5.82 Å². The van der Waals surface area contributed by atoms with Gasteiger partial charge in [0.25, 0.3) is 0 Å². The number of carboxylic acids is 1. The Bertz CT molecular complexity index is 651. The largest absolute Gasteiger partial charge is 0.478 e. The average molecular weight is 278 g/mol. The van der Waals surface area contributed by atoms with Gasteiger partial charge < -0.3 is 9.67 Å². The molecule has 7 heteroatoms. The van der Waals surface area contributed by atoms with E-state index in [1.165, 1.54) is 11.8 Å². The molecule has 2 heterocycles. The third-order valence-electron chi connectivity index (χ3n) is 2.76. The molecule has 1 N–H and O–H groups in total. The van der Waals surface area contributed by atoms with Crippen LogP contribution in [0.4, 0.5) is 0 Å². The molecule has 2 rings (SSSR count). The van der Waals surface area contributed by atoms with Gasteiger partial charge in [-0.25, -0.2) is 4.79 Å². The number of carbonyl (C=O) groups is 1. The number of aryl methyl sites for hydroxylation is 3. The Morgan fingerprint density at radius 1 is 1.32 bits per heavy atom. The van der Waals surface area contributed by atoms with E-state index in [4.69, 9.17) is 0 Å². The van der Waals surface area contributed by atoms with E-state index >= 15 is 0 Å². The first kappa shape index (κ1) is 13.5. The van der Waals surface area contributed by atoms with Crippen LogP contribution < -0.4 is 0 Å². The van der Waals surface area contributed by atoms with Crippen molar-refractivity contribution >= 4 is 17.7 Å². The lowest BCUT2D eigenvalue weighted by Gasteiger charge is -2.09. The van der Waals surface area contributed by atoms with Crippen LogP contribution in [-0.2, 0) is 7.05 Å². The third-order valence-corrected chi connectivity index (χ3v) is 3.84. The molecule has 2 aromatic heterocycles. The molecule has 0 atom stereocenters. The first-order chi connectivity index (χ1) is 8.90. The number of aromatic carboxylic acids is 1.